The highest BCUT2D eigenvalue weighted by molar-refractivity contribution is 7.99. The number of alkyl halides is 3. The highest BCUT2D eigenvalue weighted by atomic mass is 32.2. The number of nitrogens with zero attached hydrogens (tertiary/aromatic N) is 3. The molecule has 0 spiro atoms. The number of rotatable bonds is 9. The van der Waals surface area contributed by atoms with E-state index in [2.05, 4.69) is 10.2 Å². The third-order valence-electron chi connectivity index (χ3n) is 6.39. The molecule has 0 bridgehead atoms. The maximum atomic E-state index is 13.4. The van der Waals surface area contributed by atoms with E-state index >= 15 is 0 Å². The molecule has 8 nitrogen and oxygen atoms in total. The van der Waals surface area contributed by atoms with Gasteiger partial charge in [0, 0.05) is 49.1 Å². The van der Waals surface area contributed by atoms with Crippen molar-refractivity contribution in [2.24, 2.45) is 0 Å². The Kier molecular flexibility index (Phi) is 8.98. The molecule has 4 rings (SSSR count). The molecular formula is C25H31F3N4O4S. The summed E-state index contributed by atoms with van der Waals surface area (Å²) in [7, 11) is 0. The van der Waals surface area contributed by atoms with Crippen LogP contribution in [-0.2, 0) is 11.0 Å². The summed E-state index contributed by atoms with van der Waals surface area (Å²) >= 11 is 1.41. The summed E-state index contributed by atoms with van der Waals surface area (Å²) in [4.78, 5) is 19.5. The van der Waals surface area contributed by atoms with E-state index in [4.69, 9.17) is 5.11 Å². The Morgan fingerprint density at radius 2 is 1.62 bits per heavy atom. The standard InChI is InChI=1S/C25H31F3N4O4S/c26-25(27,28)17-5-6-23-21(11-17)32(20-3-1-2-4-22(20)37-23)14-19(35)13-30-7-9-31(10-8-30)15-24(36)29-12-18(34)16-33/h1-6,11,18-19,33-35H,7-10,12-16H2,(H,29,36). The number of benzene rings is 2. The largest absolute Gasteiger partial charge is 0.416 e. The number of amides is 1. The molecule has 2 unspecified atom stereocenters. The molecule has 0 saturated carbocycles. The van der Waals surface area contributed by atoms with Crippen LogP contribution in [-0.4, -0.2) is 102 Å². The van der Waals surface area contributed by atoms with Crippen LogP contribution in [0, 0.1) is 0 Å². The summed E-state index contributed by atoms with van der Waals surface area (Å²) in [6.45, 7) is 2.73. The fourth-order valence-corrected chi connectivity index (χ4v) is 5.53. The summed E-state index contributed by atoms with van der Waals surface area (Å²) in [5.74, 6) is -0.237. The number of halogens is 3. The van der Waals surface area contributed by atoms with Crippen molar-refractivity contribution >= 4 is 29.0 Å². The van der Waals surface area contributed by atoms with Crippen LogP contribution in [0.15, 0.2) is 52.3 Å². The van der Waals surface area contributed by atoms with E-state index in [1.807, 2.05) is 29.2 Å². The molecule has 1 fully saturated rings. The number of aliphatic hydroxyl groups is 3. The number of hydrogen-bond donors (Lipinski definition) is 4. The molecule has 2 atom stereocenters. The van der Waals surface area contributed by atoms with Gasteiger partial charge in [-0.1, -0.05) is 23.9 Å². The molecule has 12 heteroatoms. The van der Waals surface area contributed by atoms with Crippen molar-refractivity contribution in [3.05, 3.63) is 48.0 Å². The lowest BCUT2D eigenvalue weighted by molar-refractivity contribution is -0.137. The van der Waals surface area contributed by atoms with Crippen LogP contribution < -0.4 is 10.2 Å². The molecule has 2 aromatic carbocycles. The fraction of sp³-hybridized carbons (Fsp3) is 0.480. The van der Waals surface area contributed by atoms with Crippen molar-refractivity contribution in [3.63, 3.8) is 0 Å². The lowest BCUT2D eigenvalue weighted by Gasteiger charge is -2.38. The van der Waals surface area contributed by atoms with Crippen LogP contribution in [0.2, 0.25) is 0 Å². The lowest BCUT2D eigenvalue weighted by atomic mass is 10.1. The molecule has 1 amide bonds. The maximum Gasteiger partial charge on any atom is 0.416 e. The number of nitrogens with one attached hydrogen (secondary N) is 1. The molecule has 4 N–H and O–H groups in total. The average Bonchev–Trinajstić information content (AvgIpc) is 2.87. The van der Waals surface area contributed by atoms with E-state index in [0.717, 1.165) is 22.7 Å². The number of fused-ring (bicyclic) bond motifs is 2. The van der Waals surface area contributed by atoms with Gasteiger partial charge in [-0.05, 0) is 30.3 Å². The van der Waals surface area contributed by atoms with Crippen molar-refractivity contribution in [3.8, 4) is 0 Å². The van der Waals surface area contributed by atoms with Crippen LogP contribution in [0.25, 0.3) is 0 Å². The second-order valence-corrected chi connectivity index (χ2v) is 10.3. The first-order valence-electron chi connectivity index (χ1n) is 12.1. The van der Waals surface area contributed by atoms with Crippen molar-refractivity contribution in [1.29, 1.82) is 0 Å². The number of para-hydroxylation sites is 1. The van der Waals surface area contributed by atoms with Gasteiger partial charge in [-0.2, -0.15) is 13.2 Å². The summed E-state index contributed by atoms with van der Waals surface area (Å²) in [5.41, 5.74) is 0.469. The number of hydrogen-bond acceptors (Lipinski definition) is 8. The number of carbonyl (C=O) groups is 1. The highest BCUT2D eigenvalue weighted by Gasteiger charge is 2.34. The zero-order valence-corrected chi connectivity index (χ0v) is 21.0. The lowest BCUT2D eigenvalue weighted by Crippen LogP contribution is -2.52. The first kappa shape index (κ1) is 27.7. The van der Waals surface area contributed by atoms with E-state index in [0.29, 0.717) is 43.3 Å². The SMILES string of the molecule is O=C(CN1CCN(CC(O)CN2c3ccccc3Sc3ccc(C(F)(F)F)cc32)CC1)NCC(O)CO. The van der Waals surface area contributed by atoms with Crippen LogP contribution >= 0.6 is 11.8 Å². The Balaban J connectivity index is 1.36. The van der Waals surface area contributed by atoms with E-state index in [-0.39, 0.29) is 25.5 Å². The van der Waals surface area contributed by atoms with Gasteiger partial charge in [0.1, 0.15) is 0 Å². The third kappa shape index (κ3) is 7.15. The molecule has 0 aromatic heterocycles. The van der Waals surface area contributed by atoms with Gasteiger partial charge in [0.2, 0.25) is 5.91 Å². The molecule has 0 aliphatic carbocycles. The van der Waals surface area contributed by atoms with Crippen molar-refractivity contribution in [2.45, 2.75) is 28.2 Å². The molecule has 2 aliphatic rings. The first-order chi connectivity index (χ1) is 17.6. The van der Waals surface area contributed by atoms with Crippen LogP contribution in [0.4, 0.5) is 24.5 Å². The molecule has 202 valence electrons. The van der Waals surface area contributed by atoms with Crippen molar-refractivity contribution in [2.75, 3.05) is 63.9 Å². The summed E-state index contributed by atoms with van der Waals surface area (Å²) in [5, 5.41) is 31.7. The normalized spacial score (nSPS) is 18.2. The summed E-state index contributed by atoms with van der Waals surface area (Å²) in [6, 6.07) is 11.2. The minimum absolute atomic E-state index is 0.00673. The minimum Gasteiger partial charge on any atom is -0.394 e. The number of aliphatic hydroxyl groups excluding tert-OH is 3. The van der Waals surface area contributed by atoms with Gasteiger partial charge >= 0.3 is 6.18 Å². The van der Waals surface area contributed by atoms with Crippen molar-refractivity contribution in [1.82, 2.24) is 15.1 Å². The van der Waals surface area contributed by atoms with E-state index < -0.39 is 30.6 Å². The van der Waals surface area contributed by atoms with E-state index in [9.17, 15) is 28.2 Å². The van der Waals surface area contributed by atoms with Gasteiger partial charge in [-0.25, -0.2) is 0 Å². The van der Waals surface area contributed by atoms with Crippen LogP contribution in [0.1, 0.15) is 5.56 Å². The molecule has 37 heavy (non-hydrogen) atoms. The molecule has 0 radical (unpaired) electrons. The number of anilines is 2. The topological polar surface area (TPSA) is 99.5 Å². The quantitative estimate of drug-likeness (QED) is 0.382. The van der Waals surface area contributed by atoms with Crippen molar-refractivity contribution < 1.29 is 33.3 Å². The van der Waals surface area contributed by atoms with E-state index in [1.165, 1.54) is 17.8 Å². The molecule has 2 aromatic rings. The maximum absolute atomic E-state index is 13.4. The Hall–Kier alpha value is -2.35. The molecule has 2 heterocycles. The van der Waals surface area contributed by atoms with Gasteiger partial charge < -0.3 is 25.5 Å². The Morgan fingerprint density at radius 3 is 2.32 bits per heavy atom. The monoisotopic (exact) mass is 540 g/mol. The predicted molar refractivity (Wildman–Crippen MR) is 134 cm³/mol. The van der Waals surface area contributed by atoms with Gasteiger partial charge in [0.25, 0.3) is 0 Å². The highest BCUT2D eigenvalue weighted by Crippen LogP contribution is 2.49. The van der Waals surface area contributed by atoms with Crippen LogP contribution in [0.3, 0.4) is 0 Å². The Labute approximate surface area is 217 Å². The zero-order chi connectivity index (χ0) is 26.6. The third-order valence-corrected chi connectivity index (χ3v) is 7.52. The summed E-state index contributed by atoms with van der Waals surface area (Å²) < 4.78 is 40.3. The predicted octanol–water partition coefficient (Wildman–Crippen LogP) is 1.76. The van der Waals surface area contributed by atoms with Gasteiger partial charge in [-0.15, -0.1) is 0 Å². The Morgan fingerprint density at radius 1 is 0.946 bits per heavy atom. The number of piperazine rings is 1. The van der Waals surface area contributed by atoms with E-state index in [1.54, 1.807) is 4.90 Å². The summed E-state index contributed by atoms with van der Waals surface area (Å²) in [6.07, 6.45) is -6.26. The zero-order valence-electron chi connectivity index (χ0n) is 20.2. The first-order valence-corrected chi connectivity index (χ1v) is 12.9. The smallest absolute Gasteiger partial charge is 0.394 e. The molecule has 1 saturated heterocycles. The van der Waals surface area contributed by atoms with Crippen LogP contribution in [0.5, 0.6) is 0 Å². The number of β-amino-alcohol motifs (C(OH)–C–C–N with tert-alkyl or cyclic N) is 1. The second kappa shape index (κ2) is 12.0. The molecular weight excluding hydrogens is 509 g/mol. The number of carbonyl (C=O) groups excluding carboxylic acids is 1. The fourth-order valence-electron chi connectivity index (χ4n) is 4.45. The van der Waals surface area contributed by atoms with Gasteiger partial charge in [-0.3, -0.25) is 14.6 Å². The van der Waals surface area contributed by atoms with Gasteiger partial charge in [0.15, 0.2) is 0 Å². The van der Waals surface area contributed by atoms with Gasteiger partial charge in [0.05, 0.1) is 48.8 Å². The Bertz CT molecular complexity index is 1080. The second-order valence-electron chi connectivity index (χ2n) is 9.23. The minimum atomic E-state index is -4.46. The molecule has 2 aliphatic heterocycles. The average molecular weight is 541 g/mol.